The summed E-state index contributed by atoms with van der Waals surface area (Å²) < 4.78 is 0.672. The van der Waals surface area contributed by atoms with Gasteiger partial charge in [0.25, 0.3) is 5.91 Å². The van der Waals surface area contributed by atoms with Crippen LogP contribution in [-0.2, 0) is 4.79 Å². The predicted molar refractivity (Wildman–Crippen MR) is 78.8 cm³/mol. The first kappa shape index (κ1) is 15.5. The minimum absolute atomic E-state index is 0.0815. The summed E-state index contributed by atoms with van der Waals surface area (Å²) in [6.07, 6.45) is 0.254. The van der Waals surface area contributed by atoms with Gasteiger partial charge in [-0.25, -0.2) is 0 Å². The number of nitrogens with two attached hydrogens (primary N) is 1. The monoisotopic (exact) mass is 327 g/mol. The van der Waals surface area contributed by atoms with E-state index in [1.54, 1.807) is 18.2 Å². The van der Waals surface area contributed by atoms with Crippen molar-refractivity contribution in [2.24, 2.45) is 0 Å². The van der Waals surface area contributed by atoms with Gasteiger partial charge in [-0.1, -0.05) is 0 Å². The predicted octanol–water partition coefficient (Wildman–Crippen LogP) is 1.68. The smallest absolute Gasteiger partial charge is 0.252 e. The summed E-state index contributed by atoms with van der Waals surface area (Å²) in [5.74, 6) is -0.335. The third-order valence-corrected chi connectivity index (χ3v) is 3.01. The molecule has 1 rings (SSSR count). The van der Waals surface area contributed by atoms with Crippen LogP contribution in [0.4, 0.5) is 5.69 Å². The number of carbonyl (C=O) groups excluding carboxylic acids is 2. The number of amides is 2. The van der Waals surface area contributed by atoms with Gasteiger partial charge < -0.3 is 16.4 Å². The number of nitrogens with one attached hydrogen (secondary N) is 2. The number of hydrogen-bond donors (Lipinski definition) is 3. The molecule has 19 heavy (non-hydrogen) atoms. The first-order chi connectivity index (χ1) is 8.90. The molecule has 4 N–H and O–H groups in total. The first-order valence-electron chi connectivity index (χ1n) is 6.02. The molecule has 2 amide bonds. The van der Waals surface area contributed by atoms with Crippen molar-refractivity contribution < 1.29 is 9.59 Å². The largest absolute Gasteiger partial charge is 0.399 e. The molecule has 1 aromatic carbocycles. The molecule has 104 valence electrons. The molecular formula is C13H18BrN3O2. The van der Waals surface area contributed by atoms with Crippen LogP contribution in [-0.4, -0.2) is 24.4 Å². The van der Waals surface area contributed by atoms with Crippen molar-refractivity contribution in [2.45, 2.75) is 26.3 Å². The van der Waals surface area contributed by atoms with E-state index in [1.165, 1.54) is 0 Å². The maximum absolute atomic E-state index is 11.9. The van der Waals surface area contributed by atoms with E-state index in [-0.39, 0.29) is 24.3 Å². The molecule has 0 spiro atoms. The van der Waals surface area contributed by atoms with E-state index in [2.05, 4.69) is 26.6 Å². The highest BCUT2D eigenvalue weighted by Gasteiger charge is 2.10. The maximum Gasteiger partial charge on any atom is 0.252 e. The summed E-state index contributed by atoms with van der Waals surface area (Å²) >= 11 is 3.29. The fraction of sp³-hybridized carbons (Fsp3) is 0.385. The van der Waals surface area contributed by atoms with Crippen LogP contribution < -0.4 is 16.4 Å². The molecule has 0 aliphatic carbocycles. The van der Waals surface area contributed by atoms with Gasteiger partial charge in [0.05, 0.1) is 5.56 Å². The van der Waals surface area contributed by atoms with Gasteiger partial charge in [0, 0.05) is 29.2 Å². The average molecular weight is 328 g/mol. The van der Waals surface area contributed by atoms with Gasteiger partial charge in [0.2, 0.25) is 5.91 Å². The van der Waals surface area contributed by atoms with Crippen molar-refractivity contribution in [3.05, 3.63) is 28.2 Å². The zero-order valence-corrected chi connectivity index (χ0v) is 12.6. The zero-order valence-electron chi connectivity index (χ0n) is 11.0. The highest BCUT2D eigenvalue weighted by atomic mass is 79.9. The number of nitrogen functional groups attached to an aromatic ring is 1. The Morgan fingerprint density at radius 2 is 2.05 bits per heavy atom. The lowest BCUT2D eigenvalue weighted by molar-refractivity contribution is -0.121. The quantitative estimate of drug-likeness (QED) is 0.719. The summed E-state index contributed by atoms with van der Waals surface area (Å²) in [5, 5.41) is 5.44. The number of anilines is 1. The minimum Gasteiger partial charge on any atom is -0.399 e. The Hall–Kier alpha value is -1.56. The SMILES string of the molecule is CC(C)NC(=O)CCNC(=O)c1cc(N)ccc1Br. The van der Waals surface area contributed by atoms with Crippen molar-refractivity contribution in [3.8, 4) is 0 Å². The van der Waals surface area contributed by atoms with Crippen molar-refractivity contribution in [1.82, 2.24) is 10.6 Å². The van der Waals surface area contributed by atoms with E-state index in [4.69, 9.17) is 5.73 Å². The first-order valence-corrected chi connectivity index (χ1v) is 6.82. The van der Waals surface area contributed by atoms with Crippen molar-refractivity contribution in [3.63, 3.8) is 0 Å². The lowest BCUT2D eigenvalue weighted by Gasteiger charge is -2.10. The van der Waals surface area contributed by atoms with Crippen LogP contribution in [0.5, 0.6) is 0 Å². The third-order valence-electron chi connectivity index (χ3n) is 2.32. The average Bonchev–Trinajstić information content (AvgIpc) is 2.31. The highest BCUT2D eigenvalue weighted by molar-refractivity contribution is 9.10. The van der Waals surface area contributed by atoms with Crippen molar-refractivity contribution in [1.29, 1.82) is 0 Å². The van der Waals surface area contributed by atoms with Crippen molar-refractivity contribution in [2.75, 3.05) is 12.3 Å². The van der Waals surface area contributed by atoms with Gasteiger partial charge >= 0.3 is 0 Å². The normalized spacial score (nSPS) is 10.3. The second kappa shape index (κ2) is 7.13. The van der Waals surface area contributed by atoms with Gasteiger partial charge in [-0.3, -0.25) is 9.59 Å². The van der Waals surface area contributed by atoms with E-state index in [9.17, 15) is 9.59 Å². The Kier molecular flexibility index (Phi) is 5.82. The summed E-state index contributed by atoms with van der Waals surface area (Å²) in [4.78, 5) is 23.3. The van der Waals surface area contributed by atoms with Gasteiger partial charge in [-0.05, 0) is 48.0 Å². The number of benzene rings is 1. The molecule has 0 atom stereocenters. The Morgan fingerprint density at radius 1 is 1.37 bits per heavy atom. The molecule has 5 nitrogen and oxygen atoms in total. The van der Waals surface area contributed by atoms with Crippen LogP contribution in [0.15, 0.2) is 22.7 Å². The summed E-state index contributed by atoms with van der Waals surface area (Å²) in [6.45, 7) is 4.07. The molecule has 1 aromatic rings. The molecule has 0 bridgehead atoms. The van der Waals surface area contributed by atoms with E-state index >= 15 is 0 Å². The standard InChI is InChI=1S/C13H18BrN3O2/c1-8(2)17-12(18)5-6-16-13(19)10-7-9(15)3-4-11(10)14/h3-4,7-8H,5-6,15H2,1-2H3,(H,16,19)(H,17,18). The number of hydrogen-bond acceptors (Lipinski definition) is 3. The molecule has 6 heteroatoms. The topological polar surface area (TPSA) is 84.2 Å². The maximum atomic E-state index is 11.9. The minimum atomic E-state index is -0.253. The van der Waals surface area contributed by atoms with Gasteiger partial charge in [-0.15, -0.1) is 0 Å². The van der Waals surface area contributed by atoms with Crippen LogP contribution in [0, 0.1) is 0 Å². The molecule has 0 aliphatic heterocycles. The van der Waals surface area contributed by atoms with Crippen LogP contribution in [0.3, 0.4) is 0 Å². The van der Waals surface area contributed by atoms with Crippen molar-refractivity contribution >= 4 is 33.4 Å². The van der Waals surface area contributed by atoms with E-state index in [0.29, 0.717) is 22.3 Å². The second-order valence-electron chi connectivity index (χ2n) is 4.47. The number of halogens is 1. The van der Waals surface area contributed by atoms with Gasteiger partial charge in [-0.2, -0.15) is 0 Å². The molecule has 0 fully saturated rings. The lowest BCUT2D eigenvalue weighted by Crippen LogP contribution is -2.34. The summed E-state index contributed by atoms with van der Waals surface area (Å²) in [6, 6.07) is 5.12. The Bertz CT molecular complexity index is 475. The Morgan fingerprint density at radius 3 is 2.68 bits per heavy atom. The summed E-state index contributed by atoms with van der Waals surface area (Å²) in [7, 11) is 0. The molecular weight excluding hydrogens is 310 g/mol. The molecule has 0 radical (unpaired) electrons. The fourth-order valence-electron chi connectivity index (χ4n) is 1.50. The van der Waals surface area contributed by atoms with E-state index < -0.39 is 0 Å². The molecule has 0 heterocycles. The van der Waals surface area contributed by atoms with Crippen LogP contribution in [0.1, 0.15) is 30.6 Å². The number of carbonyl (C=O) groups is 2. The van der Waals surface area contributed by atoms with Gasteiger partial charge in [0.15, 0.2) is 0 Å². The molecule has 0 aliphatic rings. The van der Waals surface area contributed by atoms with Crippen LogP contribution >= 0.6 is 15.9 Å². The Balaban J connectivity index is 2.48. The fourth-order valence-corrected chi connectivity index (χ4v) is 1.92. The van der Waals surface area contributed by atoms with E-state index in [1.807, 2.05) is 13.8 Å². The summed E-state index contributed by atoms with van der Waals surface area (Å²) in [5.41, 5.74) is 6.61. The van der Waals surface area contributed by atoms with E-state index in [0.717, 1.165) is 0 Å². The van der Waals surface area contributed by atoms with Crippen LogP contribution in [0.25, 0.3) is 0 Å². The lowest BCUT2D eigenvalue weighted by atomic mass is 10.2. The second-order valence-corrected chi connectivity index (χ2v) is 5.32. The molecule has 0 saturated carbocycles. The number of rotatable bonds is 5. The van der Waals surface area contributed by atoms with Crippen LogP contribution in [0.2, 0.25) is 0 Å². The Labute approximate surface area is 121 Å². The highest BCUT2D eigenvalue weighted by Crippen LogP contribution is 2.19. The molecule has 0 aromatic heterocycles. The molecule has 0 saturated heterocycles. The zero-order chi connectivity index (χ0) is 14.4. The van der Waals surface area contributed by atoms with Gasteiger partial charge in [0.1, 0.15) is 0 Å². The third kappa shape index (κ3) is 5.30. The molecule has 0 unspecified atom stereocenters.